The van der Waals surface area contributed by atoms with Crippen LogP contribution >= 0.6 is 22.6 Å². The minimum Gasteiger partial charge on any atom is -0.490 e. The van der Waals surface area contributed by atoms with Crippen LogP contribution in [0, 0.1) is 3.57 Å². The molecule has 0 aliphatic carbocycles. The molecular weight excluding hydrogens is 477 g/mol. The number of hydrogen-bond acceptors (Lipinski definition) is 4. The zero-order valence-electron chi connectivity index (χ0n) is 16.8. The molecular formula is C24H26INO3. The molecule has 4 nitrogen and oxygen atoms in total. The van der Waals surface area contributed by atoms with Gasteiger partial charge in [0.05, 0.1) is 16.8 Å². The van der Waals surface area contributed by atoms with Gasteiger partial charge in [-0.25, -0.2) is 0 Å². The minimum atomic E-state index is 0.609. The molecule has 0 spiro atoms. The molecule has 1 N–H and O–H groups in total. The lowest BCUT2D eigenvalue weighted by Gasteiger charge is -2.16. The van der Waals surface area contributed by atoms with Crippen molar-refractivity contribution >= 4 is 28.3 Å². The number of benzene rings is 3. The van der Waals surface area contributed by atoms with Crippen molar-refractivity contribution in [1.82, 2.24) is 0 Å². The number of nitrogens with one attached hydrogen (secondary N) is 1. The van der Waals surface area contributed by atoms with Crippen LogP contribution in [0.5, 0.6) is 23.0 Å². The number of ether oxygens (including phenoxy) is 3. The largest absolute Gasteiger partial charge is 0.490 e. The first kappa shape index (κ1) is 21.3. The van der Waals surface area contributed by atoms with Crippen molar-refractivity contribution in [2.75, 3.05) is 18.5 Å². The smallest absolute Gasteiger partial charge is 0.174 e. The van der Waals surface area contributed by atoms with Gasteiger partial charge in [0.1, 0.15) is 11.5 Å². The van der Waals surface area contributed by atoms with E-state index in [1.807, 2.05) is 61.5 Å². The van der Waals surface area contributed by atoms with E-state index in [4.69, 9.17) is 14.2 Å². The molecule has 0 heterocycles. The molecule has 3 aromatic carbocycles. The van der Waals surface area contributed by atoms with E-state index in [9.17, 15) is 0 Å². The Morgan fingerprint density at radius 3 is 2.28 bits per heavy atom. The highest BCUT2D eigenvalue weighted by Gasteiger charge is 2.12. The molecule has 0 saturated heterocycles. The molecule has 152 valence electrons. The average Bonchev–Trinajstić information content (AvgIpc) is 2.74. The second-order valence-corrected chi connectivity index (χ2v) is 7.64. The summed E-state index contributed by atoms with van der Waals surface area (Å²) in [6, 6.07) is 21.9. The van der Waals surface area contributed by atoms with Gasteiger partial charge in [0.2, 0.25) is 0 Å². The van der Waals surface area contributed by atoms with Crippen LogP contribution in [0.15, 0.2) is 66.7 Å². The first-order valence-electron chi connectivity index (χ1n) is 9.84. The van der Waals surface area contributed by atoms with E-state index < -0.39 is 0 Å². The van der Waals surface area contributed by atoms with E-state index in [-0.39, 0.29) is 0 Å². The topological polar surface area (TPSA) is 39.7 Å². The Morgan fingerprint density at radius 1 is 0.862 bits per heavy atom. The summed E-state index contributed by atoms with van der Waals surface area (Å²) in [6.45, 7) is 6.08. The third kappa shape index (κ3) is 6.29. The first-order valence-corrected chi connectivity index (χ1v) is 10.9. The average molecular weight is 503 g/mol. The summed E-state index contributed by atoms with van der Waals surface area (Å²) in [5.41, 5.74) is 2.18. The van der Waals surface area contributed by atoms with Gasteiger partial charge in [0, 0.05) is 12.2 Å². The Labute approximate surface area is 186 Å². The maximum Gasteiger partial charge on any atom is 0.174 e. The molecule has 0 aliphatic heterocycles. The second-order valence-electron chi connectivity index (χ2n) is 6.48. The first-order chi connectivity index (χ1) is 14.2. The van der Waals surface area contributed by atoms with Gasteiger partial charge in [0.15, 0.2) is 11.5 Å². The van der Waals surface area contributed by atoms with Gasteiger partial charge < -0.3 is 19.5 Å². The van der Waals surface area contributed by atoms with Gasteiger partial charge in [0.25, 0.3) is 0 Å². The molecule has 3 rings (SSSR count). The summed E-state index contributed by atoms with van der Waals surface area (Å²) < 4.78 is 18.6. The highest BCUT2D eigenvalue weighted by molar-refractivity contribution is 14.1. The van der Waals surface area contributed by atoms with E-state index in [0.717, 1.165) is 44.2 Å². The highest BCUT2D eigenvalue weighted by atomic mass is 127. The van der Waals surface area contributed by atoms with E-state index in [2.05, 4.69) is 47.0 Å². The fourth-order valence-corrected chi connectivity index (χ4v) is 3.62. The predicted molar refractivity (Wildman–Crippen MR) is 126 cm³/mol. The van der Waals surface area contributed by atoms with E-state index in [0.29, 0.717) is 19.8 Å². The molecule has 3 aromatic rings. The predicted octanol–water partition coefficient (Wildman–Crippen LogP) is 6.88. The fourth-order valence-electron chi connectivity index (χ4n) is 2.80. The number of rotatable bonds is 10. The SMILES string of the molecule is CCCOc1c(I)cc(CNc2ccc(Oc3ccccc3)cc2)cc1OCC. The summed E-state index contributed by atoms with van der Waals surface area (Å²) >= 11 is 2.31. The van der Waals surface area contributed by atoms with Crippen molar-refractivity contribution in [2.24, 2.45) is 0 Å². The lowest BCUT2D eigenvalue weighted by atomic mass is 10.2. The molecule has 29 heavy (non-hydrogen) atoms. The highest BCUT2D eigenvalue weighted by Crippen LogP contribution is 2.34. The summed E-state index contributed by atoms with van der Waals surface area (Å²) in [4.78, 5) is 0. The van der Waals surface area contributed by atoms with Crippen LogP contribution < -0.4 is 19.5 Å². The molecule has 0 aromatic heterocycles. The third-order valence-corrected chi connectivity index (χ3v) is 4.95. The van der Waals surface area contributed by atoms with Crippen molar-refractivity contribution in [3.63, 3.8) is 0 Å². The van der Waals surface area contributed by atoms with Crippen LogP contribution in [0.25, 0.3) is 0 Å². The van der Waals surface area contributed by atoms with Gasteiger partial charge in [-0.1, -0.05) is 25.1 Å². The van der Waals surface area contributed by atoms with Gasteiger partial charge in [-0.15, -0.1) is 0 Å². The van der Waals surface area contributed by atoms with Gasteiger partial charge in [-0.05, 0) is 90.0 Å². The maximum atomic E-state index is 5.88. The van der Waals surface area contributed by atoms with Crippen LogP contribution in [-0.4, -0.2) is 13.2 Å². The Hall–Kier alpha value is -2.41. The lowest BCUT2D eigenvalue weighted by molar-refractivity contribution is 0.275. The normalized spacial score (nSPS) is 10.4. The zero-order valence-corrected chi connectivity index (χ0v) is 18.9. The van der Waals surface area contributed by atoms with Gasteiger partial charge >= 0.3 is 0 Å². The fraction of sp³-hybridized carbons (Fsp3) is 0.250. The Balaban J connectivity index is 1.64. The van der Waals surface area contributed by atoms with Crippen molar-refractivity contribution in [1.29, 1.82) is 0 Å². The van der Waals surface area contributed by atoms with E-state index >= 15 is 0 Å². The summed E-state index contributed by atoms with van der Waals surface area (Å²) in [5, 5.41) is 3.46. The number of anilines is 1. The Morgan fingerprint density at radius 2 is 1.59 bits per heavy atom. The minimum absolute atomic E-state index is 0.609. The quantitative estimate of drug-likeness (QED) is 0.306. The van der Waals surface area contributed by atoms with Crippen molar-refractivity contribution in [3.8, 4) is 23.0 Å². The summed E-state index contributed by atoms with van der Waals surface area (Å²) in [7, 11) is 0. The zero-order chi connectivity index (χ0) is 20.5. The lowest BCUT2D eigenvalue weighted by Crippen LogP contribution is -2.05. The summed E-state index contributed by atoms with van der Waals surface area (Å²) in [6.07, 6.45) is 0.967. The molecule has 0 amide bonds. The molecule has 0 saturated carbocycles. The second kappa shape index (κ2) is 11.0. The van der Waals surface area contributed by atoms with Crippen LogP contribution in [0.3, 0.4) is 0 Å². The van der Waals surface area contributed by atoms with Crippen molar-refractivity contribution in [3.05, 3.63) is 75.9 Å². The maximum absolute atomic E-state index is 5.88. The van der Waals surface area contributed by atoms with Crippen molar-refractivity contribution < 1.29 is 14.2 Å². The number of para-hydroxylation sites is 1. The molecule has 0 radical (unpaired) electrons. The third-order valence-electron chi connectivity index (χ3n) is 4.15. The summed E-state index contributed by atoms with van der Waals surface area (Å²) in [5.74, 6) is 3.28. The van der Waals surface area contributed by atoms with E-state index in [1.54, 1.807) is 0 Å². The molecule has 0 aliphatic rings. The molecule has 0 fully saturated rings. The van der Waals surface area contributed by atoms with Gasteiger partial charge in [-0.2, -0.15) is 0 Å². The van der Waals surface area contributed by atoms with Crippen LogP contribution in [0.1, 0.15) is 25.8 Å². The van der Waals surface area contributed by atoms with Crippen LogP contribution in [0.4, 0.5) is 5.69 Å². The number of hydrogen-bond donors (Lipinski definition) is 1. The van der Waals surface area contributed by atoms with Crippen LogP contribution in [-0.2, 0) is 6.54 Å². The Bertz CT molecular complexity index is 898. The molecule has 5 heteroatoms. The molecule has 0 unspecified atom stereocenters. The Kier molecular flexibility index (Phi) is 8.04. The monoisotopic (exact) mass is 503 g/mol. The van der Waals surface area contributed by atoms with Crippen LogP contribution in [0.2, 0.25) is 0 Å². The van der Waals surface area contributed by atoms with Crippen molar-refractivity contribution in [2.45, 2.75) is 26.8 Å². The van der Waals surface area contributed by atoms with Gasteiger partial charge in [-0.3, -0.25) is 0 Å². The van der Waals surface area contributed by atoms with E-state index in [1.165, 1.54) is 0 Å². The number of halogens is 1. The molecule has 0 bridgehead atoms. The standard InChI is InChI=1S/C24H26INO3/c1-3-14-28-24-22(25)15-18(16-23(24)27-4-2)17-26-19-10-12-21(13-11-19)29-20-8-6-5-7-9-20/h5-13,15-16,26H,3-4,14,17H2,1-2H3. The molecule has 0 atom stereocenters.